The molecule has 0 fully saturated rings. The maximum atomic E-state index is 12.6. The molecule has 0 aliphatic rings. The molecule has 11 nitrogen and oxygen atoms in total. The van der Waals surface area contributed by atoms with Crippen LogP contribution in [0.5, 0.6) is 0 Å². The van der Waals surface area contributed by atoms with Gasteiger partial charge in [-0.2, -0.15) is 24.4 Å². The quantitative estimate of drug-likeness (QED) is 0.137. The molecule has 8 N–H and O–H groups in total. The number of carbonyl (C=O) groups excluding carboxylic acids is 4. The van der Waals surface area contributed by atoms with Crippen molar-refractivity contribution in [2.24, 2.45) is 17.4 Å². The summed E-state index contributed by atoms with van der Waals surface area (Å²) in [5.41, 5.74) is 10.9. The monoisotopic (exact) mass is 479 g/mol. The van der Waals surface area contributed by atoms with E-state index in [1.165, 1.54) is 11.8 Å². The van der Waals surface area contributed by atoms with Crippen molar-refractivity contribution in [3.05, 3.63) is 0 Å². The van der Waals surface area contributed by atoms with E-state index in [1.807, 2.05) is 6.26 Å². The number of aliphatic carboxylic acids is 1. The van der Waals surface area contributed by atoms with E-state index in [0.29, 0.717) is 12.2 Å². The Balaban J connectivity index is 5.21. The van der Waals surface area contributed by atoms with Crippen LogP contribution in [0.25, 0.3) is 0 Å². The summed E-state index contributed by atoms with van der Waals surface area (Å²) >= 11 is 5.53. The first-order valence-corrected chi connectivity index (χ1v) is 11.7. The van der Waals surface area contributed by atoms with E-state index in [1.54, 1.807) is 13.8 Å². The first-order chi connectivity index (χ1) is 14.4. The van der Waals surface area contributed by atoms with Crippen molar-refractivity contribution >= 4 is 54.0 Å². The number of primary amides is 1. The van der Waals surface area contributed by atoms with E-state index in [-0.39, 0.29) is 18.1 Å². The van der Waals surface area contributed by atoms with E-state index in [9.17, 15) is 29.1 Å². The van der Waals surface area contributed by atoms with Gasteiger partial charge in [0.05, 0.1) is 12.5 Å². The first kappa shape index (κ1) is 29.0. The number of carbonyl (C=O) groups is 5. The molecule has 31 heavy (non-hydrogen) atoms. The number of carboxylic acid groups (broad SMARTS) is 1. The van der Waals surface area contributed by atoms with Crippen LogP contribution in [0.3, 0.4) is 0 Å². The SMILES string of the molecule is CSCCC(N)C(=O)NC(CC(N)=O)C(=O)NC(CS)C(=O)NC(CC(C)C)C(=O)O. The van der Waals surface area contributed by atoms with Gasteiger partial charge in [-0.05, 0) is 30.8 Å². The molecule has 0 aliphatic carbocycles. The molecule has 13 heteroatoms. The van der Waals surface area contributed by atoms with Crippen LogP contribution in [-0.4, -0.2) is 76.6 Å². The van der Waals surface area contributed by atoms with Crippen molar-refractivity contribution in [3.8, 4) is 0 Å². The Hall–Kier alpha value is -1.99. The highest BCUT2D eigenvalue weighted by Gasteiger charge is 2.30. The van der Waals surface area contributed by atoms with Gasteiger partial charge >= 0.3 is 5.97 Å². The smallest absolute Gasteiger partial charge is 0.326 e. The zero-order valence-corrected chi connectivity index (χ0v) is 19.6. The third kappa shape index (κ3) is 11.8. The third-order valence-electron chi connectivity index (χ3n) is 4.15. The van der Waals surface area contributed by atoms with E-state index in [4.69, 9.17) is 11.5 Å². The van der Waals surface area contributed by atoms with Crippen molar-refractivity contribution in [2.75, 3.05) is 17.8 Å². The average molecular weight is 480 g/mol. The van der Waals surface area contributed by atoms with E-state index >= 15 is 0 Å². The average Bonchev–Trinajstić information content (AvgIpc) is 2.67. The van der Waals surface area contributed by atoms with Crippen LogP contribution < -0.4 is 27.4 Å². The molecule has 0 heterocycles. The van der Waals surface area contributed by atoms with Gasteiger partial charge in [0.25, 0.3) is 0 Å². The van der Waals surface area contributed by atoms with Crippen molar-refractivity contribution in [1.82, 2.24) is 16.0 Å². The van der Waals surface area contributed by atoms with Gasteiger partial charge in [-0.15, -0.1) is 0 Å². The fourth-order valence-electron chi connectivity index (χ4n) is 2.50. The van der Waals surface area contributed by atoms with E-state index in [2.05, 4.69) is 28.6 Å². The van der Waals surface area contributed by atoms with Crippen LogP contribution in [0.1, 0.15) is 33.1 Å². The number of nitrogens with two attached hydrogens (primary N) is 2. The van der Waals surface area contributed by atoms with Crippen molar-refractivity contribution < 1.29 is 29.1 Å². The van der Waals surface area contributed by atoms with Gasteiger partial charge in [0, 0.05) is 5.75 Å². The van der Waals surface area contributed by atoms with Crippen molar-refractivity contribution in [3.63, 3.8) is 0 Å². The molecule has 0 aromatic heterocycles. The van der Waals surface area contributed by atoms with Gasteiger partial charge in [0.2, 0.25) is 23.6 Å². The second kappa shape index (κ2) is 14.9. The first-order valence-electron chi connectivity index (χ1n) is 9.70. The molecule has 0 radical (unpaired) electrons. The fourth-order valence-corrected chi connectivity index (χ4v) is 3.24. The summed E-state index contributed by atoms with van der Waals surface area (Å²) in [6.45, 7) is 3.61. The number of amides is 4. The maximum absolute atomic E-state index is 12.6. The van der Waals surface area contributed by atoms with Crippen LogP contribution in [0.15, 0.2) is 0 Å². The molecule has 0 aromatic carbocycles. The van der Waals surface area contributed by atoms with Crippen molar-refractivity contribution in [2.45, 2.75) is 57.3 Å². The summed E-state index contributed by atoms with van der Waals surface area (Å²) < 4.78 is 0. The summed E-state index contributed by atoms with van der Waals surface area (Å²) in [6.07, 6.45) is 1.92. The van der Waals surface area contributed by atoms with Crippen LogP contribution in [0, 0.1) is 5.92 Å². The van der Waals surface area contributed by atoms with E-state index < -0.39 is 60.2 Å². The summed E-state index contributed by atoms with van der Waals surface area (Å²) in [7, 11) is 0. The lowest BCUT2D eigenvalue weighted by atomic mass is 10.0. The molecular weight excluding hydrogens is 446 g/mol. The van der Waals surface area contributed by atoms with Crippen molar-refractivity contribution in [1.29, 1.82) is 0 Å². The summed E-state index contributed by atoms with van der Waals surface area (Å²) in [4.78, 5) is 60.0. The Labute approximate surface area is 191 Å². The standard InChI is InChI=1S/C18H33N5O6S2/c1-9(2)6-12(18(28)29)22-17(27)13(8-30)23-16(26)11(7-14(20)24)21-15(25)10(19)4-5-31-3/h9-13,30H,4-8,19H2,1-3H3,(H2,20,24)(H,21,25)(H,22,27)(H,23,26)(H,28,29). The zero-order valence-electron chi connectivity index (χ0n) is 17.9. The summed E-state index contributed by atoms with van der Waals surface area (Å²) in [5, 5.41) is 16.4. The molecule has 0 saturated carbocycles. The second-order valence-corrected chi connectivity index (χ2v) is 8.74. The normalized spacial score (nSPS) is 14.8. The van der Waals surface area contributed by atoms with Gasteiger partial charge in [-0.3, -0.25) is 19.2 Å². The Morgan fingerprint density at radius 3 is 1.94 bits per heavy atom. The highest BCUT2D eigenvalue weighted by atomic mass is 32.2. The van der Waals surface area contributed by atoms with Crippen LogP contribution in [-0.2, 0) is 24.0 Å². The molecule has 0 aliphatic heterocycles. The Morgan fingerprint density at radius 2 is 1.48 bits per heavy atom. The van der Waals surface area contributed by atoms with Crippen LogP contribution in [0.2, 0.25) is 0 Å². The number of thiol groups is 1. The molecule has 0 bridgehead atoms. The lowest BCUT2D eigenvalue weighted by Gasteiger charge is -2.24. The van der Waals surface area contributed by atoms with Gasteiger partial charge in [-0.1, -0.05) is 13.8 Å². The Bertz CT molecular complexity index is 649. The number of hydrogen-bond donors (Lipinski definition) is 7. The molecule has 0 spiro atoms. The molecule has 0 rings (SSSR count). The fraction of sp³-hybridized carbons (Fsp3) is 0.722. The number of nitrogens with one attached hydrogen (secondary N) is 3. The minimum absolute atomic E-state index is 0.0101. The predicted octanol–water partition coefficient (Wildman–Crippen LogP) is -1.54. The summed E-state index contributed by atoms with van der Waals surface area (Å²) in [6, 6.07) is -4.55. The lowest BCUT2D eigenvalue weighted by Crippen LogP contribution is -2.58. The number of rotatable bonds is 15. The maximum Gasteiger partial charge on any atom is 0.326 e. The third-order valence-corrected chi connectivity index (χ3v) is 5.15. The largest absolute Gasteiger partial charge is 0.480 e. The molecule has 0 saturated heterocycles. The minimum Gasteiger partial charge on any atom is -0.480 e. The highest BCUT2D eigenvalue weighted by molar-refractivity contribution is 7.98. The topological polar surface area (TPSA) is 194 Å². The van der Waals surface area contributed by atoms with Crippen LogP contribution >= 0.6 is 24.4 Å². The molecule has 178 valence electrons. The van der Waals surface area contributed by atoms with Crippen LogP contribution in [0.4, 0.5) is 0 Å². The van der Waals surface area contributed by atoms with E-state index in [0.717, 1.165) is 0 Å². The number of carboxylic acids is 1. The Kier molecular flexibility index (Phi) is 14.0. The molecule has 4 unspecified atom stereocenters. The molecule has 4 amide bonds. The summed E-state index contributed by atoms with van der Waals surface area (Å²) in [5.74, 6) is -3.77. The minimum atomic E-state index is -1.34. The molecule has 4 atom stereocenters. The van der Waals surface area contributed by atoms with Gasteiger partial charge < -0.3 is 32.5 Å². The zero-order chi connectivity index (χ0) is 24.1. The number of thioether (sulfide) groups is 1. The molecular formula is C18H33N5O6S2. The Morgan fingerprint density at radius 1 is 0.968 bits per heavy atom. The predicted molar refractivity (Wildman–Crippen MR) is 122 cm³/mol. The van der Waals surface area contributed by atoms with Gasteiger partial charge in [0.15, 0.2) is 0 Å². The second-order valence-electron chi connectivity index (χ2n) is 7.39. The molecule has 0 aromatic rings. The van der Waals surface area contributed by atoms with Gasteiger partial charge in [0.1, 0.15) is 18.1 Å². The number of hydrogen-bond acceptors (Lipinski definition) is 8. The van der Waals surface area contributed by atoms with Gasteiger partial charge in [-0.25, -0.2) is 4.79 Å². The lowest BCUT2D eigenvalue weighted by molar-refractivity contribution is -0.142. The highest BCUT2D eigenvalue weighted by Crippen LogP contribution is 2.06.